The summed E-state index contributed by atoms with van der Waals surface area (Å²) < 4.78 is 11.0. The number of hydrogen-bond acceptors (Lipinski definition) is 3. The Bertz CT molecular complexity index is 700. The van der Waals surface area contributed by atoms with E-state index >= 15 is 0 Å². The molecular weight excluding hydrogens is 429 g/mol. The third-order valence-electron chi connectivity index (χ3n) is 3.93. The second-order valence-electron chi connectivity index (χ2n) is 5.92. The second-order valence-corrected chi connectivity index (χ2v) is 5.92. The Kier molecular flexibility index (Phi) is 7.36. The minimum absolute atomic E-state index is 0. The number of nitrogens with two attached hydrogens (primary N) is 1. The van der Waals surface area contributed by atoms with E-state index in [1.54, 1.807) is 7.11 Å². The summed E-state index contributed by atoms with van der Waals surface area (Å²) in [6, 6.07) is 15.5. The summed E-state index contributed by atoms with van der Waals surface area (Å²) in [4.78, 5) is 4.41. The first-order chi connectivity index (χ1) is 11.7. The first kappa shape index (κ1) is 19.4. The smallest absolute Gasteiger partial charge is 0.193 e. The molecule has 0 aromatic heterocycles. The lowest BCUT2D eigenvalue weighted by Crippen LogP contribution is -2.22. The molecule has 0 radical (unpaired) electrons. The summed E-state index contributed by atoms with van der Waals surface area (Å²) in [6.45, 7) is 1.27. The maximum atomic E-state index is 5.97. The highest BCUT2D eigenvalue weighted by molar-refractivity contribution is 14.0. The highest BCUT2D eigenvalue weighted by atomic mass is 127. The Morgan fingerprint density at radius 1 is 1.16 bits per heavy atom. The van der Waals surface area contributed by atoms with Crippen molar-refractivity contribution in [1.82, 2.24) is 0 Å². The molecule has 0 unspecified atom stereocenters. The fourth-order valence-electron chi connectivity index (χ4n) is 2.30. The van der Waals surface area contributed by atoms with E-state index < -0.39 is 0 Å². The molecule has 0 atom stereocenters. The summed E-state index contributed by atoms with van der Waals surface area (Å²) in [5.74, 6) is 2.80. The van der Waals surface area contributed by atoms with Crippen molar-refractivity contribution in [3.63, 3.8) is 0 Å². The van der Waals surface area contributed by atoms with Crippen LogP contribution in [0.4, 0.5) is 5.69 Å². The van der Waals surface area contributed by atoms with Crippen LogP contribution >= 0.6 is 24.0 Å². The van der Waals surface area contributed by atoms with Gasteiger partial charge in [0.2, 0.25) is 0 Å². The zero-order valence-electron chi connectivity index (χ0n) is 14.3. The van der Waals surface area contributed by atoms with Gasteiger partial charge in [0.1, 0.15) is 11.5 Å². The topological polar surface area (TPSA) is 68.9 Å². The summed E-state index contributed by atoms with van der Waals surface area (Å²) >= 11 is 0. The average molecular weight is 453 g/mol. The Balaban J connectivity index is 0.00000225. The highest BCUT2D eigenvalue weighted by Gasteiger charge is 2.22. The fraction of sp³-hybridized carbons (Fsp3) is 0.316. The molecule has 5 nitrogen and oxygen atoms in total. The minimum atomic E-state index is 0. The summed E-state index contributed by atoms with van der Waals surface area (Å²) in [5, 5.41) is 3.07. The maximum absolute atomic E-state index is 5.97. The van der Waals surface area contributed by atoms with Crippen LogP contribution in [0.15, 0.2) is 53.5 Å². The number of hydrogen-bond donors (Lipinski definition) is 2. The molecule has 1 fully saturated rings. The largest absolute Gasteiger partial charge is 0.497 e. The number of methoxy groups -OCH3 is 1. The van der Waals surface area contributed by atoms with E-state index in [0.717, 1.165) is 35.3 Å². The van der Waals surface area contributed by atoms with Gasteiger partial charge in [0, 0.05) is 11.3 Å². The molecule has 25 heavy (non-hydrogen) atoms. The molecular formula is C19H24IN3O2. The van der Waals surface area contributed by atoms with Gasteiger partial charge in [-0.05, 0) is 49.1 Å². The molecule has 1 aliphatic carbocycles. The van der Waals surface area contributed by atoms with Gasteiger partial charge < -0.3 is 20.5 Å². The minimum Gasteiger partial charge on any atom is -0.497 e. The van der Waals surface area contributed by atoms with Crippen LogP contribution in [0.5, 0.6) is 11.5 Å². The first-order valence-corrected chi connectivity index (χ1v) is 8.16. The van der Waals surface area contributed by atoms with E-state index in [1.165, 1.54) is 12.8 Å². The summed E-state index contributed by atoms with van der Waals surface area (Å²) in [5.41, 5.74) is 7.88. The molecule has 2 aromatic rings. The van der Waals surface area contributed by atoms with Gasteiger partial charge in [-0.1, -0.05) is 18.2 Å². The van der Waals surface area contributed by atoms with Crippen LogP contribution in [0.2, 0.25) is 0 Å². The standard InChI is InChI=1S/C19H23N3O2.HI/c1-23-17-10-8-16(9-11-17)22-19(20)21-12-15-4-2-3-5-18(15)24-13-14-6-7-14;/h2-5,8-11,14H,6-7,12-13H2,1H3,(H3,20,21,22);1H. The van der Waals surface area contributed by atoms with Crippen LogP contribution in [0.3, 0.4) is 0 Å². The number of guanidine groups is 1. The maximum Gasteiger partial charge on any atom is 0.193 e. The number of aliphatic imine (C=N–C) groups is 1. The van der Waals surface area contributed by atoms with E-state index in [-0.39, 0.29) is 24.0 Å². The van der Waals surface area contributed by atoms with Crippen LogP contribution in [0.25, 0.3) is 0 Å². The molecule has 3 N–H and O–H groups in total. The molecule has 2 aromatic carbocycles. The molecule has 134 valence electrons. The van der Waals surface area contributed by atoms with Gasteiger partial charge in [-0.25, -0.2) is 4.99 Å². The molecule has 6 heteroatoms. The van der Waals surface area contributed by atoms with Crippen molar-refractivity contribution in [2.75, 3.05) is 19.0 Å². The monoisotopic (exact) mass is 453 g/mol. The van der Waals surface area contributed by atoms with Gasteiger partial charge in [0.15, 0.2) is 5.96 Å². The Hall–Kier alpha value is -1.96. The molecule has 0 amide bonds. The third kappa shape index (κ3) is 6.12. The number of para-hydroxylation sites is 1. The van der Waals surface area contributed by atoms with Crippen LogP contribution < -0.4 is 20.5 Å². The van der Waals surface area contributed by atoms with Crippen molar-refractivity contribution in [1.29, 1.82) is 0 Å². The molecule has 0 saturated heterocycles. The predicted octanol–water partition coefficient (Wildman–Crippen LogP) is 4.03. The molecule has 0 spiro atoms. The molecule has 1 aliphatic rings. The number of nitrogens with one attached hydrogen (secondary N) is 1. The summed E-state index contributed by atoms with van der Waals surface area (Å²) in [7, 11) is 1.64. The van der Waals surface area contributed by atoms with Crippen molar-refractivity contribution in [3.8, 4) is 11.5 Å². The van der Waals surface area contributed by atoms with E-state index in [1.807, 2.05) is 48.5 Å². The first-order valence-electron chi connectivity index (χ1n) is 8.16. The zero-order chi connectivity index (χ0) is 16.8. The average Bonchev–Trinajstić information content (AvgIpc) is 3.44. The number of benzene rings is 2. The van der Waals surface area contributed by atoms with E-state index in [9.17, 15) is 0 Å². The van der Waals surface area contributed by atoms with Gasteiger partial charge in [0.25, 0.3) is 0 Å². The Morgan fingerprint density at radius 3 is 2.56 bits per heavy atom. The van der Waals surface area contributed by atoms with Crippen LogP contribution in [0.1, 0.15) is 18.4 Å². The number of anilines is 1. The quantitative estimate of drug-likeness (QED) is 0.378. The van der Waals surface area contributed by atoms with Crippen molar-refractivity contribution >= 4 is 35.6 Å². The summed E-state index contributed by atoms with van der Waals surface area (Å²) in [6.07, 6.45) is 2.55. The predicted molar refractivity (Wildman–Crippen MR) is 112 cm³/mol. The van der Waals surface area contributed by atoms with E-state index in [4.69, 9.17) is 15.2 Å². The molecule has 0 bridgehead atoms. The molecule has 1 saturated carbocycles. The van der Waals surface area contributed by atoms with E-state index in [2.05, 4.69) is 10.3 Å². The Labute approximate surface area is 165 Å². The van der Waals surface area contributed by atoms with Crippen LogP contribution in [-0.2, 0) is 6.54 Å². The van der Waals surface area contributed by atoms with E-state index in [0.29, 0.717) is 12.5 Å². The van der Waals surface area contributed by atoms with Gasteiger partial charge in [-0.2, -0.15) is 0 Å². The number of nitrogens with zero attached hydrogens (tertiary/aromatic N) is 1. The van der Waals surface area contributed by atoms with Crippen molar-refractivity contribution in [2.24, 2.45) is 16.6 Å². The van der Waals surface area contributed by atoms with Gasteiger partial charge in [0.05, 0.1) is 20.3 Å². The molecule has 3 rings (SSSR count). The molecule has 0 heterocycles. The number of rotatable bonds is 7. The second kappa shape index (κ2) is 9.50. The van der Waals surface area contributed by atoms with Gasteiger partial charge >= 0.3 is 0 Å². The normalized spacial score (nSPS) is 13.7. The third-order valence-corrected chi connectivity index (χ3v) is 3.93. The lowest BCUT2D eigenvalue weighted by molar-refractivity contribution is 0.297. The van der Waals surface area contributed by atoms with Crippen molar-refractivity contribution in [3.05, 3.63) is 54.1 Å². The van der Waals surface area contributed by atoms with Gasteiger partial charge in [-0.3, -0.25) is 0 Å². The lowest BCUT2D eigenvalue weighted by Gasteiger charge is -2.10. The number of ether oxygens (including phenoxy) is 2. The van der Waals surface area contributed by atoms with Crippen LogP contribution in [0, 0.1) is 5.92 Å². The zero-order valence-corrected chi connectivity index (χ0v) is 16.6. The SMILES string of the molecule is COc1ccc(NC(N)=NCc2ccccc2OCC2CC2)cc1.I. The van der Waals surface area contributed by atoms with Gasteiger partial charge in [-0.15, -0.1) is 24.0 Å². The Morgan fingerprint density at radius 2 is 1.88 bits per heavy atom. The highest BCUT2D eigenvalue weighted by Crippen LogP contribution is 2.30. The van der Waals surface area contributed by atoms with Crippen molar-refractivity contribution < 1.29 is 9.47 Å². The molecule has 0 aliphatic heterocycles. The number of halogens is 1. The lowest BCUT2D eigenvalue weighted by atomic mass is 10.2. The van der Waals surface area contributed by atoms with Crippen molar-refractivity contribution in [2.45, 2.75) is 19.4 Å². The fourth-order valence-corrected chi connectivity index (χ4v) is 2.30. The van der Waals surface area contributed by atoms with Crippen LogP contribution in [-0.4, -0.2) is 19.7 Å².